The van der Waals surface area contributed by atoms with E-state index in [0.29, 0.717) is 55.7 Å². The fourth-order valence-electron chi connectivity index (χ4n) is 5.20. The predicted molar refractivity (Wildman–Crippen MR) is 142 cm³/mol. The number of benzene rings is 1. The molecule has 1 aromatic carbocycles. The van der Waals surface area contributed by atoms with E-state index in [-0.39, 0.29) is 35.1 Å². The monoisotopic (exact) mass is 511 g/mol. The second kappa shape index (κ2) is 9.32. The fraction of sp³-hybridized carbons (Fsp3) is 0.519. The van der Waals surface area contributed by atoms with Gasteiger partial charge < -0.3 is 20.3 Å². The lowest BCUT2D eigenvalue weighted by atomic mass is 9.84. The highest BCUT2D eigenvalue weighted by Crippen LogP contribution is 2.36. The Morgan fingerprint density at radius 3 is 2.61 bits per heavy atom. The number of fused-ring (bicyclic) bond motifs is 3. The smallest absolute Gasteiger partial charge is 0.257 e. The van der Waals surface area contributed by atoms with Crippen LogP contribution in [0.25, 0.3) is 0 Å². The number of aromatic nitrogens is 1. The van der Waals surface area contributed by atoms with Gasteiger partial charge in [0.25, 0.3) is 5.56 Å². The van der Waals surface area contributed by atoms with Crippen LogP contribution in [0.4, 0.5) is 5.82 Å². The summed E-state index contributed by atoms with van der Waals surface area (Å²) < 4.78 is 7.84. The topological polar surface area (TPSA) is 88.0 Å². The van der Waals surface area contributed by atoms with E-state index in [1.54, 1.807) is 4.57 Å². The number of carbonyl (C=O) groups is 1. The molecule has 0 saturated carbocycles. The molecule has 2 aromatic rings. The minimum absolute atomic E-state index is 0.0000394. The molecule has 0 bridgehead atoms. The first-order valence-corrected chi connectivity index (χ1v) is 12.8. The molecule has 36 heavy (non-hydrogen) atoms. The summed E-state index contributed by atoms with van der Waals surface area (Å²) >= 11 is 5.99. The summed E-state index contributed by atoms with van der Waals surface area (Å²) in [6.45, 7) is 11.7. The summed E-state index contributed by atoms with van der Waals surface area (Å²) in [5, 5.41) is 7.42. The van der Waals surface area contributed by atoms with Crippen molar-refractivity contribution < 1.29 is 9.53 Å². The number of aliphatic imine (C=N–C) groups is 1. The summed E-state index contributed by atoms with van der Waals surface area (Å²) in [5.74, 6) is 0.607. The van der Waals surface area contributed by atoms with E-state index in [0.717, 1.165) is 16.8 Å². The molecule has 3 aliphatic rings. The van der Waals surface area contributed by atoms with Gasteiger partial charge in [-0.1, -0.05) is 37.6 Å². The quantitative estimate of drug-likeness (QED) is 0.621. The average molecular weight is 512 g/mol. The zero-order valence-corrected chi connectivity index (χ0v) is 22.1. The highest BCUT2D eigenvalue weighted by atomic mass is 35.5. The Morgan fingerprint density at radius 1 is 1.19 bits per heavy atom. The molecule has 8 nitrogen and oxygen atoms in total. The van der Waals surface area contributed by atoms with Gasteiger partial charge in [-0.2, -0.15) is 0 Å². The van der Waals surface area contributed by atoms with Gasteiger partial charge in [0, 0.05) is 42.3 Å². The van der Waals surface area contributed by atoms with Crippen molar-refractivity contribution in [3.63, 3.8) is 0 Å². The van der Waals surface area contributed by atoms with Crippen LogP contribution in [0.3, 0.4) is 0 Å². The van der Waals surface area contributed by atoms with Gasteiger partial charge in [0.15, 0.2) is 0 Å². The first-order valence-electron chi connectivity index (χ1n) is 12.4. The molecule has 3 aliphatic heterocycles. The highest BCUT2D eigenvalue weighted by Gasteiger charge is 2.39. The van der Waals surface area contributed by atoms with Crippen LogP contribution >= 0.6 is 11.6 Å². The number of nitrogens with one attached hydrogen (secondary N) is 2. The van der Waals surface area contributed by atoms with Crippen LogP contribution in [-0.2, 0) is 29.2 Å². The number of likely N-dealkylation sites (tertiary alicyclic amines) is 1. The van der Waals surface area contributed by atoms with Crippen molar-refractivity contribution in [1.29, 1.82) is 0 Å². The van der Waals surface area contributed by atoms with Crippen LogP contribution in [0.5, 0.6) is 0 Å². The maximum atomic E-state index is 13.6. The summed E-state index contributed by atoms with van der Waals surface area (Å²) in [4.78, 5) is 33.4. The van der Waals surface area contributed by atoms with Crippen LogP contribution in [0.1, 0.15) is 50.5 Å². The second-order valence-corrected chi connectivity index (χ2v) is 11.9. The van der Waals surface area contributed by atoms with Crippen molar-refractivity contribution in [2.45, 2.75) is 59.0 Å². The van der Waals surface area contributed by atoms with Gasteiger partial charge >= 0.3 is 0 Å². The van der Waals surface area contributed by atoms with Gasteiger partial charge in [-0.05, 0) is 43.0 Å². The number of nitrogens with zero attached hydrogens (tertiary/aromatic N) is 3. The van der Waals surface area contributed by atoms with E-state index < -0.39 is 0 Å². The van der Waals surface area contributed by atoms with Crippen molar-refractivity contribution >= 4 is 29.0 Å². The molecule has 0 spiro atoms. The van der Waals surface area contributed by atoms with E-state index in [2.05, 4.69) is 24.5 Å². The van der Waals surface area contributed by atoms with E-state index in [1.165, 1.54) is 0 Å². The zero-order chi connectivity index (χ0) is 25.7. The number of ether oxygens (including phenoxy) is 1. The minimum atomic E-state index is -0.325. The Bertz CT molecular complexity index is 1260. The Morgan fingerprint density at radius 2 is 1.92 bits per heavy atom. The maximum absolute atomic E-state index is 13.6. The molecule has 0 radical (unpaired) electrons. The molecular formula is C27H34ClN5O3. The largest absolute Gasteiger partial charge is 0.366 e. The fourth-order valence-corrected chi connectivity index (χ4v) is 5.33. The van der Waals surface area contributed by atoms with E-state index >= 15 is 0 Å². The van der Waals surface area contributed by atoms with Gasteiger partial charge in [0.05, 0.1) is 24.4 Å². The zero-order valence-electron chi connectivity index (χ0n) is 21.4. The van der Waals surface area contributed by atoms with Crippen LogP contribution < -0.4 is 16.2 Å². The maximum Gasteiger partial charge on any atom is 0.257 e. The summed E-state index contributed by atoms with van der Waals surface area (Å²) in [7, 11) is 0. The third-order valence-corrected chi connectivity index (χ3v) is 7.16. The molecule has 1 atom stereocenters. The lowest BCUT2D eigenvalue weighted by Crippen LogP contribution is -2.56. The van der Waals surface area contributed by atoms with Crippen molar-refractivity contribution in [2.75, 3.05) is 31.6 Å². The van der Waals surface area contributed by atoms with Crippen molar-refractivity contribution in [2.24, 2.45) is 10.4 Å². The van der Waals surface area contributed by atoms with Crippen molar-refractivity contribution in [3.8, 4) is 0 Å². The lowest BCUT2D eigenvalue weighted by Gasteiger charge is -2.46. The summed E-state index contributed by atoms with van der Waals surface area (Å²) in [5.41, 5.74) is 3.10. The lowest BCUT2D eigenvalue weighted by molar-refractivity contribution is -0.142. The second-order valence-electron chi connectivity index (χ2n) is 11.5. The van der Waals surface area contributed by atoms with Crippen LogP contribution in [0.15, 0.2) is 40.1 Å². The van der Waals surface area contributed by atoms with E-state index in [1.807, 2.05) is 49.1 Å². The predicted octanol–water partition coefficient (Wildman–Crippen LogP) is 3.38. The van der Waals surface area contributed by atoms with Crippen molar-refractivity contribution in [1.82, 2.24) is 14.8 Å². The van der Waals surface area contributed by atoms with Gasteiger partial charge in [0.2, 0.25) is 5.91 Å². The molecular weight excluding hydrogens is 478 g/mol. The molecule has 1 fully saturated rings. The van der Waals surface area contributed by atoms with E-state index in [4.69, 9.17) is 21.3 Å². The normalized spacial score (nSPS) is 21.5. The first-order chi connectivity index (χ1) is 17.0. The molecule has 1 aromatic heterocycles. The number of pyridine rings is 1. The molecule has 0 aliphatic carbocycles. The molecule has 2 N–H and O–H groups in total. The number of hydrogen-bond donors (Lipinski definition) is 2. The summed E-state index contributed by atoms with van der Waals surface area (Å²) in [6.07, 6.45) is -0.325. The molecule has 1 saturated heterocycles. The molecule has 1 unspecified atom stereocenters. The number of rotatable bonds is 6. The Balaban J connectivity index is 1.45. The number of hydrogen-bond acceptors (Lipinski definition) is 6. The van der Waals surface area contributed by atoms with Crippen LogP contribution in [-0.4, -0.2) is 52.9 Å². The molecule has 5 rings (SSSR count). The van der Waals surface area contributed by atoms with Gasteiger partial charge in [-0.25, -0.2) is 0 Å². The van der Waals surface area contributed by atoms with E-state index in [9.17, 15) is 9.59 Å². The van der Waals surface area contributed by atoms with Gasteiger partial charge in [-0.15, -0.1) is 0 Å². The number of carbonyl (C=O) groups excluding carboxylic acids is 1. The molecule has 4 heterocycles. The minimum Gasteiger partial charge on any atom is -0.366 e. The molecule has 192 valence electrons. The standard InChI is InChI=1S/C27H34ClN5O3/c1-26(2)14-32(15-26)22(34)13-33-24-20(23-21(12-30-24)31-27(3,4)16-36-23)9-18(25(33)35)11-29-10-17-5-7-19(28)8-6-17/h5-9,23,29-30H,10-16H2,1-4H3. The SMILES string of the molecule is CC1(C)CN(C(=O)Cn2c3c(cc(CNCc4ccc(Cl)cc4)c2=O)C2OCC(C)(C)N=C2CN3)C1. The Hall–Kier alpha value is -2.68. The van der Waals surface area contributed by atoms with Crippen LogP contribution in [0.2, 0.25) is 5.02 Å². The third-order valence-electron chi connectivity index (χ3n) is 6.91. The average Bonchev–Trinajstić information content (AvgIpc) is 2.80. The van der Waals surface area contributed by atoms with Gasteiger partial charge in [-0.3, -0.25) is 19.1 Å². The first kappa shape index (κ1) is 25.0. The number of amides is 1. The third kappa shape index (κ3) is 5.08. The van der Waals surface area contributed by atoms with Gasteiger partial charge in [0.1, 0.15) is 18.5 Å². The van der Waals surface area contributed by atoms with Crippen LogP contribution in [0, 0.1) is 5.41 Å². The Labute approximate surface area is 216 Å². The Kier molecular flexibility index (Phi) is 6.47. The number of halogens is 1. The molecule has 9 heteroatoms. The number of anilines is 1. The van der Waals surface area contributed by atoms with Crippen molar-refractivity contribution in [3.05, 3.63) is 62.4 Å². The highest BCUT2D eigenvalue weighted by molar-refractivity contribution is 6.30. The molecule has 1 amide bonds. The summed E-state index contributed by atoms with van der Waals surface area (Å²) in [6, 6.07) is 9.52.